The van der Waals surface area contributed by atoms with Gasteiger partial charge in [-0.3, -0.25) is 10.00 Å². The van der Waals surface area contributed by atoms with Crippen LogP contribution in [-0.4, -0.2) is 55.7 Å². The van der Waals surface area contributed by atoms with Gasteiger partial charge in [-0.15, -0.1) is 0 Å². The lowest BCUT2D eigenvalue weighted by Gasteiger charge is -2.19. The number of hydrogen-bond donors (Lipinski definition) is 3. The summed E-state index contributed by atoms with van der Waals surface area (Å²) in [6.07, 6.45) is 4.02. The van der Waals surface area contributed by atoms with Crippen molar-refractivity contribution in [3.8, 4) is 0 Å². The summed E-state index contributed by atoms with van der Waals surface area (Å²) in [6.45, 7) is 7.49. The zero-order chi connectivity index (χ0) is 15.3. The molecule has 0 unspecified atom stereocenters. The third-order valence-electron chi connectivity index (χ3n) is 3.67. The zero-order valence-corrected chi connectivity index (χ0v) is 13.5. The molecule has 0 aliphatic heterocycles. The molecule has 7 nitrogen and oxygen atoms in total. The standard InChI is InChI=1S/C13H25N5O2S/c1-3-14-9-11-10-15-17-13(11)21(19,20)16-7-8-18(4-2)12-5-6-12/h10,12,14,16H,3-9H2,1-2H3,(H,15,17). The largest absolute Gasteiger partial charge is 0.313 e. The second kappa shape index (κ2) is 7.35. The first-order valence-electron chi connectivity index (χ1n) is 7.55. The molecule has 8 heteroatoms. The van der Waals surface area contributed by atoms with Crippen molar-refractivity contribution in [2.75, 3.05) is 26.2 Å². The lowest BCUT2D eigenvalue weighted by atomic mass is 10.3. The van der Waals surface area contributed by atoms with Gasteiger partial charge in [-0.05, 0) is 25.9 Å². The highest BCUT2D eigenvalue weighted by Crippen LogP contribution is 2.25. The van der Waals surface area contributed by atoms with E-state index < -0.39 is 10.0 Å². The maximum absolute atomic E-state index is 12.3. The van der Waals surface area contributed by atoms with E-state index in [0.717, 1.165) is 19.6 Å². The molecule has 120 valence electrons. The van der Waals surface area contributed by atoms with Crippen molar-refractivity contribution in [1.29, 1.82) is 0 Å². The van der Waals surface area contributed by atoms with Crippen molar-refractivity contribution in [2.24, 2.45) is 0 Å². The molecule has 21 heavy (non-hydrogen) atoms. The van der Waals surface area contributed by atoms with Gasteiger partial charge in [-0.2, -0.15) is 5.10 Å². The summed E-state index contributed by atoms with van der Waals surface area (Å²) in [5.41, 5.74) is 0.666. The Morgan fingerprint density at radius 3 is 2.81 bits per heavy atom. The van der Waals surface area contributed by atoms with Crippen LogP contribution in [0.3, 0.4) is 0 Å². The summed E-state index contributed by atoms with van der Waals surface area (Å²) in [5, 5.41) is 9.71. The molecule has 0 bridgehead atoms. The molecule has 3 N–H and O–H groups in total. The first-order valence-corrected chi connectivity index (χ1v) is 9.03. The van der Waals surface area contributed by atoms with Crippen LogP contribution in [0, 0.1) is 0 Å². The van der Waals surface area contributed by atoms with E-state index in [9.17, 15) is 8.42 Å². The molecule has 0 radical (unpaired) electrons. The van der Waals surface area contributed by atoms with Gasteiger partial charge in [0.25, 0.3) is 10.0 Å². The van der Waals surface area contributed by atoms with Crippen molar-refractivity contribution in [3.05, 3.63) is 11.8 Å². The van der Waals surface area contributed by atoms with Crippen LogP contribution in [-0.2, 0) is 16.6 Å². The zero-order valence-electron chi connectivity index (χ0n) is 12.7. The molecule has 0 aromatic carbocycles. The number of nitrogens with zero attached hydrogens (tertiary/aromatic N) is 2. The van der Waals surface area contributed by atoms with Gasteiger partial charge in [0.05, 0.1) is 6.20 Å². The summed E-state index contributed by atoms with van der Waals surface area (Å²) in [6, 6.07) is 0.649. The highest BCUT2D eigenvalue weighted by molar-refractivity contribution is 7.89. The monoisotopic (exact) mass is 315 g/mol. The Morgan fingerprint density at radius 1 is 1.43 bits per heavy atom. The first kappa shape index (κ1) is 16.4. The number of aromatic nitrogens is 2. The number of sulfonamides is 1. The Hall–Kier alpha value is -0.960. The number of rotatable bonds is 10. The van der Waals surface area contributed by atoms with Crippen LogP contribution < -0.4 is 10.0 Å². The smallest absolute Gasteiger partial charge is 0.257 e. The van der Waals surface area contributed by atoms with Crippen LogP contribution in [0.1, 0.15) is 32.3 Å². The molecule has 0 spiro atoms. The highest BCUT2D eigenvalue weighted by atomic mass is 32.2. The fourth-order valence-corrected chi connectivity index (χ4v) is 3.50. The van der Waals surface area contributed by atoms with Crippen molar-refractivity contribution in [2.45, 2.75) is 44.3 Å². The van der Waals surface area contributed by atoms with Gasteiger partial charge in [0.2, 0.25) is 0 Å². The molecule has 1 aromatic rings. The van der Waals surface area contributed by atoms with Gasteiger partial charge in [0.1, 0.15) is 0 Å². The summed E-state index contributed by atoms with van der Waals surface area (Å²) >= 11 is 0. The third-order valence-corrected chi connectivity index (χ3v) is 5.15. The molecule has 1 fully saturated rings. The molecular formula is C13H25N5O2S. The number of nitrogens with one attached hydrogen (secondary N) is 3. The molecule has 1 aliphatic rings. The molecular weight excluding hydrogens is 290 g/mol. The normalized spacial score (nSPS) is 15.8. The first-order chi connectivity index (χ1) is 10.1. The van der Waals surface area contributed by atoms with Gasteiger partial charge < -0.3 is 5.32 Å². The van der Waals surface area contributed by atoms with E-state index in [2.05, 4.69) is 32.1 Å². The highest BCUT2D eigenvalue weighted by Gasteiger charge is 2.28. The Balaban J connectivity index is 1.90. The topological polar surface area (TPSA) is 90.1 Å². The molecule has 0 amide bonds. The van der Waals surface area contributed by atoms with Crippen molar-refractivity contribution in [3.63, 3.8) is 0 Å². The van der Waals surface area contributed by atoms with Crippen LogP contribution in [0.2, 0.25) is 0 Å². The molecule has 0 saturated heterocycles. The van der Waals surface area contributed by atoms with Gasteiger partial charge in [0, 0.05) is 31.2 Å². The Kier molecular flexibility index (Phi) is 5.74. The van der Waals surface area contributed by atoms with Gasteiger partial charge in [-0.1, -0.05) is 13.8 Å². The van der Waals surface area contributed by atoms with Gasteiger partial charge in [-0.25, -0.2) is 13.1 Å². The van der Waals surface area contributed by atoms with Gasteiger partial charge >= 0.3 is 0 Å². The van der Waals surface area contributed by atoms with Crippen LogP contribution in [0.4, 0.5) is 0 Å². The summed E-state index contributed by atoms with van der Waals surface area (Å²) < 4.78 is 27.3. The molecule has 2 rings (SSSR count). The number of aromatic amines is 1. The number of likely N-dealkylation sites (N-methyl/N-ethyl adjacent to an activating group) is 1. The van der Waals surface area contributed by atoms with Crippen molar-refractivity contribution < 1.29 is 8.42 Å². The lowest BCUT2D eigenvalue weighted by molar-refractivity contribution is 0.282. The average molecular weight is 315 g/mol. The van der Waals surface area contributed by atoms with E-state index in [4.69, 9.17) is 0 Å². The molecule has 1 aromatic heterocycles. The third kappa shape index (κ3) is 4.50. The van der Waals surface area contributed by atoms with E-state index in [0.29, 0.717) is 24.7 Å². The molecule has 1 saturated carbocycles. The average Bonchev–Trinajstić information content (AvgIpc) is 3.18. The maximum atomic E-state index is 12.3. The molecule has 0 atom stereocenters. The SMILES string of the molecule is CCNCc1cn[nH]c1S(=O)(=O)NCCN(CC)C1CC1. The van der Waals surface area contributed by atoms with Crippen LogP contribution in [0.15, 0.2) is 11.2 Å². The maximum Gasteiger partial charge on any atom is 0.257 e. The van der Waals surface area contributed by atoms with Crippen molar-refractivity contribution in [1.82, 2.24) is 25.1 Å². The summed E-state index contributed by atoms with van der Waals surface area (Å²) in [4.78, 5) is 2.31. The number of H-pyrrole nitrogens is 1. The summed E-state index contributed by atoms with van der Waals surface area (Å²) in [7, 11) is -3.52. The number of hydrogen-bond acceptors (Lipinski definition) is 5. The van der Waals surface area contributed by atoms with E-state index in [1.807, 2.05) is 6.92 Å². The predicted octanol–water partition coefficient (Wildman–Crippen LogP) is 0.282. The van der Waals surface area contributed by atoms with Gasteiger partial charge in [0.15, 0.2) is 5.03 Å². The van der Waals surface area contributed by atoms with Crippen LogP contribution in [0.25, 0.3) is 0 Å². The minimum absolute atomic E-state index is 0.165. The minimum atomic E-state index is -3.52. The minimum Gasteiger partial charge on any atom is -0.313 e. The van der Waals surface area contributed by atoms with Crippen molar-refractivity contribution >= 4 is 10.0 Å². The Labute approximate surface area is 126 Å². The fourth-order valence-electron chi connectivity index (χ4n) is 2.35. The lowest BCUT2D eigenvalue weighted by Crippen LogP contribution is -2.36. The fraction of sp³-hybridized carbons (Fsp3) is 0.769. The van der Waals surface area contributed by atoms with E-state index in [1.54, 1.807) is 6.20 Å². The second-order valence-electron chi connectivity index (χ2n) is 5.26. The van der Waals surface area contributed by atoms with E-state index in [1.165, 1.54) is 12.8 Å². The Bertz CT molecular complexity index is 539. The molecule has 1 heterocycles. The quantitative estimate of drug-likeness (QED) is 0.577. The van der Waals surface area contributed by atoms with Crippen LogP contribution in [0.5, 0.6) is 0 Å². The Morgan fingerprint density at radius 2 is 2.19 bits per heavy atom. The molecule has 1 aliphatic carbocycles. The predicted molar refractivity (Wildman–Crippen MR) is 81.4 cm³/mol. The van der Waals surface area contributed by atoms with Crippen LogP contribution >= 0.6 is 0 Å². The summed E-state index contributed by atoms with van der Waals surface area (Å²) in [5.74, 6) is 0. The van der Waals surface area contributed by atoms with E-state index in [-0.39, 0.29) is 5.03 Å². The second-order valence-corrected chi connectivity index (χ2v) is 6.97. The van der Waals surface area contributed by atoms with E-state index >= 15 is 0 Å².